The molecule has 2 aromatic rings. The molecule has 1 aromatic carbocycles. The lowest BCUT2D eigenvalue weighted by molar-refractivity contribution is -0.140. The second-order valence-corrected chi connectivity index (χ2v) is 9.23. The van der Waals surface area contributed by atoms with E-state index in [9.17, 15) is 14.4 Å². The topological polar surface area (TPSA) is 57.7 Å². The lowest BCUT2D eigenvalue weighted by atomic mass is 9.86. The average molecular weight is 421 g/mol. The maximum absolute atomic E-state index is 13.6. The molecule has 6 heteroatoms. The molecule has 0 aliphatic carbocycles. The Labute approximate surface area is 180 Å². The van der Waals surface area contributed by atoms with Crippen LogP contribution in [0.4, 0.5) is 5.69 Å². The number of para-hydroxylation sites is 1. The van der Waals surface area contributed by atoms with Gasteiger partial charge in [-0.05, 0) is 36.4 Å². The lowest BCUT2D eigenvalue weighted by Crippen LogP contribution is -2.49. The number of anilines is 1. The third kappa shape index (κ3) is 2.63. The molecule has 2 saturated heterocycles. The minimum Gasteiger partial charge on any atom is -0.352 e. The SMILES string of the molecule is CCCCN1C(=O)C2C(C1=O)C(C(=O)c1cccs1)N1c3ccccc3C(C)=CC21. The van der Waals surface area contributed by atoms with E-state index >= 15 is 0 Å². The first kappa shape index (κ1) is 19.2. The molecule has 4 heterocycles. The Morgan fingerprint density at radius 2 is 1.83 bits per heavy atom. The smallest absolute Gasteiger partial charge is 0.235 e. The van der Waals surface area contributed by atoms with Gasteiger partial charge in [-0.25, -0.2) is 0 Å². The number of hydrogen-bond acceptors (Lipinski definition) is 5. The van der Waals surface area contributed by atoms with Gasteiger partial charge >= 0.3 is 0 Å². The molecule has 4 atom stereocenters. The van der Waals surface area contributed by atoms with E-state index in [4.69, 9.17) is 0 Å². The fraction of sp³-hybridized carbons (Fsp3) is 0.375. The van der Waals surface area contributed by atoms with E-state index in [-0.39, 0.29) is 23.6 Å². The average Bonchev–Trinajstić information content (AvgIpc) is 3.44. The monoisotopic (exact) mass is 420 g/mol. The molecule has 0 spiro atoms. The number of likely N-dealkylation sites (tertiary alicyclic amines) is 1. The van der Waals surface area contributed by atoms with E-state index in [1.165, 1.54) is 16.2 Å². The first-order valence-electron chi connectivity index (χ1n) is 10.5. The van der Waals surface area contributed by atoms with Crippen LogP contribution in [0, 0.1) is 11.8 Å². The summed E-state index contributed by atoms with van der Waals surface area (Å²) in [6, 6.07) is 10.7. The van der Waals surface area contributed by atoms with Crippen molar-refractivity contribution in [3.05, 3.63) is 58.3 Å². The quantitative estimate of drug-likeness (QED) is 0.542. The highest BCUT2D eigenvalue weighted by Gasteiger charge is 2.64. The van der Waals surface area contributed by atoms with Crippen molar-refractivity contribution >= 4 is 40.2 Å². The summed E-state index contributed by atoms with van der Waals surface area (Å²) >= 11 is 1.39. The first-order chi connectivity index (χ1) is 14.5. The standard InChI is InChI=1S/C24H24N2O3S/c1-3-4-11-25-23(28)19-17-13-14(2)15-8-5-6-9-16(15)26(17)21(20(19)24(25)29)22(27)18-10-7-12-30-18/h5-10,12-13,17,19-21H,3-4,11H2,1-2H3. The van der Waals surface area contributed by atoms with Gasteiger partial charge in [-0.2, -0.15) is 0 Å². The summed E-state index contributed by atoms with van der Waals surface area (Å²) in [7, 11) is 0. The Hall–Kier alpha value is -2.73. The highest BCUT2D eigenvalue weighted by Crippen LogP contribution is 2.50. The summed E-state index contributed by atoms with van der Waals surface area (Å²) in [4.78, 5) is 44.5. The molecular weight excluding hydrogens is 396 g/mol. The third-order valence-electron chi connectivity index (χ3n) is 6.61. The minimum absolute atomic E-state index is 0.0660. The summed E-state index contributed by atoms with van der Waals surface area (Å²) in [5, 5.41) is 1.88. The maximum atomic E-state index is 13.6. The molecular formula is C24H24N2O3S. The maximum Gasteiger partial charge on any atom is 0.235 e. The zero-order chi connectivity index (χ0) is 21.0. The number of unbranched alkanes of at least 4 members (excludes halogenated alkanes) is 1. The number of carbonyl (C=O) groups excluding carboxylic acids is 3. The van der Waals surface area contributed by atoms with Gasteiger partial charge in [0.25, 0.3) is 0 Å². The molecule has 154 valence electrons. The molecule has 1 aromatic heterocycles. The second-order valence-electron chi connectivity index (χ2n) is 8.28. The van der Waals surface area contributed by atoms with Crippen molar-refractivity contribution in [2.45, 2.75) is 38.8 Å². The van der Waals surface area contributed by atoms with E-state index in [0.717, 1.165) is 29.7 Å². The van der Waals surface area contributed by atoms with Crippen LogP contribution in [0.15, 0.2) is 47.9 Å². The van der Waals surface area contributed by atoms with Gasteiger partial charge in [-0.1, -0.05) is 43.7 Å². The van der Waals surface area contributed by atoms with E-state index in [1.807, 2.05) is 60.5 Å². The first-order valence-corrected chi connectivity index (χ1v) is 11.4. The zero-order valence-electron chi connectivity index (χ0n) is 17.1. The summed E-state index contributed by atoms with van der Waals surface area (Å²) in [6.07, 6.45) is 3.77. The number of hydrogen-bond donors (Lipinski definition) is 0. The van der Waals surface area contributed by atoms with Gasteiger partial charge in [-0.15, -0.1) is 11.3 Å². The fourth-order valence-corrected chi connectivity index (χ4v) is 5.96. The molecule has 0 bridgehead atoms. The number of amides is 2. The summed E-state index contributed by atoms with van der Waals surface area (Å²) < 4.78 is 0. The van der Waals surface area contributed by atoms with Crippen molar-refractivity contribution in [3.63, 3.8) is 0 Å². The van der Waals surface area contributed by atoms with E-state index in [2.05, 4.69) is 6.08 Å². The van der Waals surface area contributed by atoms with Crippen LogP contribution in [-0.2, 0) is 9.59 Å². The Balaban J connectivity index is 1.65. The molecule has 0 radical (unpaired) electrons. The van der Waals surface area contributed by atoms with Crippen LogP contribution in [0.1, 0.15) is 41.9 Å². The van der Waals surface area contributed by atoms with Crippen molar-refractivity contribution in [1.29, 1.82) is 0 Å². The molecule has 0 N–H and O–H groups in total. The number of imide groups is 1. The molecule has 3 aliphatic heterocycles. The molecule has 0 saturated carbocycles. The lowest BCUT2D eigenvalue weighted by Gasteiger charge is -2.37. The number of fused-ring (bicyclic) bond motifs is 5. The summed E-state index contributed by atoms with van der Waals surface area (Å²) in [5.74, 6) is -1.52. The van der Waals surface area contributed by atoms with E-state index in [0.29, 0.717) is 11.4 Å². The number of nitrogens with zero attached hydrogens (tertiary/aromatic N) is 2. The molecule has 3 aliphatic rings. The molecule has 4 unspecified atom stereocenters. The van der Waals surface area contributed by atoms with Gasteiger partial charge in [0.15, 0.2) is 5.78 Å². The van der Waals surface area contributed by atoms with Crippen molar-refractivity contribution in [2.24, 2.45) is 11.8 Å². The van der Waals surface area contributed by atoms with Crippen LogP contribution >= 0.6 is 11.3 Å². The summed E-state index contributed by atoms with van der Waals surface area (Å²) in [6.45, 7) is 4.52. The zero-order valence-corrected chi connectivity index (χ0v) is 17.9. The Morgan fingerprint density at radius 3 is 2.57 bits per heavy atom. The number of benzene rings is 1. The van der Waals surface area contributed by atoms with Crippen molar-refractivity contribution in [2.75, 3.05) is 11.4 Å². The van der Waals surface area contributed by atoms with Crippen molar-refractivity contribution < 1.29 is 14.4 Å². The number of carbonyl (C=O) groups is 3. The number of thiophene rings is 1. The summed E-state index contributed by atoms with van der Waals surface area (Å²) in [5.41, 5.74) is 3.08. The van der Waals surface area contributed by atoms with Crippen LogP contribution in [0.2, 0.25) is 0 Å². The van der Waals surface area contributed by atoms with Crippen LogP contribution in [0.3, 0.4) is 0 Å². The normalized spacial score (nSPS) is 27.1. The third-order valence-corrected chi connectivity index (χ3v) is 7.50. The minimum atomic E-state index is -0.660. The molecule has 5 nitrogen and oxygen atoms in total. The number of rotatable bonds is 5. The predicted molar refractivity (Wildman–Crippen MR) is 117 cm³/mol. The van der Waals surface area contributed by atoms with Gasteiger partial charge in [0.2, 0.25) is 11.8 Å². The van der Waals surface area contributed by atoms with Gasteiger partial charge in [0.05, 0.1) is 22.8 Å². The molecule has 30 heavy (non-hydrogen) atoms. The highest BCUT2D eigenvalue weighted by molar-refractivity contribution is 7.12. The Kier molecular flexibility index (Phi) is 4.62. The Bertz CT molecular complexity index is 1060. The van der Waals surface area contributed by atoms with Gasteiger partial charge < -0.3 is 4.90 Å². The molecule has 5 rings (SSSR count). The van der Waals surface area contributed by atoms with Crippen molar-refractivity contribution in [1.82, 2.24) is 4.90 Å². The van der Waals surface area contributed by atoms with Gasteiger partial charge in [-0.3, -0.25) is 19.3 Å². The predicted octanol–water partition coefficient (Wildman–Crippen LogP) is 4.01. The van der Waals surface area contributed by atoms with Crippen LogP contribution in [0.5, 0.6) is 0 Å². The van der Waals surface area contributed by atoms with Crippen LogP contribution < -0.4 is 4.90 Å². The van der Waals surface area contributed by atoms with Crippen molar-refractivity contribution in [3.8, 4) is 0 Å². The van der Waals surface area contributed by atoms with Crippen LogP contribution in [0.25, 0.3) is 5.57 Å². The second kappa shape index (κ2) is 7.20. The van der Waals surface area contributed by atoms with Gasteiger partial charge in [0, 0.05) is 17.8 Å². The molecule has 2 amide bonds. The number of ketones is 1. The largest absolute Gasteiger partial charge is 0.352 e. The number of Topliss-reactive ketones (excluding diaryl/α,β-unsaturated/α-hetero) is 1. The van der Waals surface area contributed by atoms with E-state index < -0.39 is 17.9 Å². The Morgan fingerprint density at radius 1 is 1.07 bits per heavy atom. The van der Waals surface area contributed by atoms with Gasteiger partial charge in [0.1, 0.15) is 6.04 Å². The number of allylic oxidation sites excluding steroid dienone is 1. The fourth-order valence-electron chi connectivity index (χ4n) is 5.26. The highest BCUT2D eigenvalue weighted by atomic mass is 32.1. The molecule has 2 fully saturated rings. The van der Waals surface area contributed by atoms with E-state index in [1.54, 1.807) is 0 Å². The van der Waals surface area contributed by atoms with Crippen LogP contribution in [-0.4, -0.2) is 41.1 Å².